The Morgan fingerprint density at radius 3 is 2.44 bits per heavy atom. The Labute approximate surface area is 161 Å². The summed E-state index contributed by atoms with van der Waals surface area (Å²) in [6, 6.07) is 7.86. The normalized spacial score (nSPS) is 11.2. The highest BCUT2D eigenvalue weighted by Gasteiger charge is 2.14. The minimum absolute atomic E-state index is 0.256. The van der Waals surface area contributed by atoms with Gasteiger partial charge in [0.2, 0.25) is 16.0 Å². The number of anilines is 2. The molecule has 2 heterocycles. The largest absolute Gasteiger partial charge is 0.322 e. The fourth-order valence-corrected chi connectivity index (χ4v) is 3.25. The lowest BCUT2D eigenvalue weighted by Crippen LogP contribution is -2.13. The number of aryl methyl sites for hydroxylation is 1. The fourth-order valence-electron chi connectivity index (χ4n) is 2.47. The Kier molecular flexibility index (Phi) is 5.15. The van der Waals surface area contributed by atoms with Crippen LogP contribution in [0.5, 0.6) is 0 Å². The molecule has 8 nitrogen and oxygen atoms in total. The minimum Gasteiger partial charge on any atom is -0.322 e. The Bertz CT molecular complexity index is 1100. The highest BCUT2D eigenvalue weighted by Crippen LogP contribution is 2.24. The van der Waals surface area contributed by atoms with E-state index < -0.39 is 10.0 Å². The number of rotatable bonds is 5. The molecule has 0 aliphatic carbocycles. The van der Waals surface area contributed by atoms with E-state index in [4.69, 9.17) is 11.6 Å². The topological polar surface area (TPSA) is 106 Å². The molecular weight excluding hydrogens is 390 g/mol. The highest BCUT2D eigenvalue weighted by molar-refractivity contribution is 7.92. The van der Waals surface area contributed by atoms with Crippen LogP contribution in [0.1, 0.15) is 16.1 Å². The molecule has 1 aromatic carbocycles. The third-order valence-corrected chi connectivity index (χ3v) is 4.33. The maximum Gasteiger partial charge on any atom is 0.257 e. The number of sulfonamides is 1. The first kappa shape index (κ1) is 18.9. The number of carbonyl (C=O) groups is 1. The molecule has 10 heteroatoms. The minimum atomic E-state index is -3.46. The van der Waals surface area contributed by atoms with E-state index in [9.17, 15) is 13.2 Å². The summed E-state index contributed by atoms with van der Waals surface area (Å²) in [6.07, 6.45) is 5.89. The smallest absolute Gasteiger partial charge is 0.257 e. The summed E-state index contributed by atoms with van der Waals surface area (Å²) in [6.45, 7) is 1.83. The number of halogens is 1. The van der Waals surface area contributed by atoms with Crippen LogP contribution in [0.3, 0.4) is 0 Å². The number of carbonyl (C=O) groups excluding carboxylic acids is 1. The number of nitrogens with one attached hydrogen (secondary N) is 2. The van der Waals surface area contributed by atoms with Gasteiger partial charge in [-0.05, 0) is 37.3 Å². The van der Waals surface area contributed by atoms with E-state index in [2.05, 4.69) is 20.0 Å². The van der Waals surface area contributed by atoms with E-state index in [1.54, 1.807) is 35.3 Å². The Balaban J connectivity index is 1.84. The SMILES string of the molecule is Cc1cc(C(=O)Nc2cc(Cl)cc(NS(C)(=O)=O)c2)cn1-c1ncccn1. The van der Waals surface area contributed by atoms with Gasteiger partial charge in [-0.2, -0.15) is 0 Å². The summed E-state index contributed by atoms with van der Waals surface area (Å²) in [5.41, 5.74) is 1.81. The van der Waals surface area contributed by atoms with Crippen LogP contribution >= 0.6 is 11.6 Å². The number of hydrogen-bond donors (Lipinski definition) is 2. The molecule has 0 saturated carbocycles. The third-order valence-electron chi connectivity index (χ3n) is 3.50. The second kappa shape index (κ2) is 7.37. The van der Waals surface area contributed by atoms with Gasteiger partial charge in [0.15, 0.2) is 0 Å². The predicted molar refractivity (Wildman–Crippen MR) is 104 cm³/mol. The van der Waals surface area contributed by atoms with Crippen LogP contribution in [0.15, 0.2) is 48.9 Å². The summed E-state index contributed by atoms with van der Waals surface area (Å²) < 4.78 is 26.8. The molecule has 2 N–H and O–H groups in total. The van der Waals surface area contributed by atoms with Gasteiger partial charge >= 0.3 is 0 Å². The Hall–Kier alpha value is -2.91. The van der Waals surface area contributed by atoms with Crippen molar-refractivity contribution in [3.8, 4) is 5.95 Å². The van der Waals surface area contributed by atoms with E-state index in [0.29, 0.717) is 17.2 Å². The molecule has 0 aliphatic heterocycles. The first-order valence-electron chi connectivity index (χ1n) is 7.77. The van der Waals surface area contributed by atoms with Crippen LogP contribution in [0, 0.1) is 6.92 Å². The monoisotopic (exact) mass is 405 g/mol. The molecule has 0 fully saturated rings. The van der Waals surface area contributed by atoms with Gasteiger partial charge in [0.25, 0.3) is 5.91 Å². The summed E-state index contributed by atoms with van der Waals surface area (Å²) in [4.78, 5) is 20.9. The zero-order chi connectivity index (χ0) is 19.6. The van der Waals surface area contributed by atoms with Crippen LogP contribution in [-0.4, -0.2) is 35.1 Å². The van der Waals surface area contributed by atoms with Gasteiger partial charge in [0, 0.05) is 35.0 Å². The van der Waals surface area contributed by atoms with Gasteiger partial charge in [-0.1, -0.05) is 11.6 Å². The molecule has 1 amide bonds. The van der Waals surface area contributed by atoms with Gasteiger partial charge in [0.05, 0.1) is 17.5 Å². The van der Waals surface area contributed by atoms with Crippen molar-refractivity contribution in [2.24, 2.45) is 0 Å². The van der Waals surface area contributed by atoms with Crippen LogP contribution in [-0.2, 0) is 10.0 Å². The molecule has 0 atom stereocenters. The molecule has 0 aliphatic rings. The maximum atomic E-state index is 12.6. The molecule has 0 saturated heterocycles. The number of aromatic nitrogens is 3. The molecule has 3 rings (SSSR count). The molecule has 27 heavy (non-hydrogen) atoms. The first-order chi connectivity index (χ1) is 12.7. The molecular formula is C17H16ClN5O3S. The summed E-state index contributed by atoms with van der Waals surface area (Å²) in [5, 5.41) is 2.99. The molecule has 0 bridgehead atoms. The van der Waals surface area contributed by atoms with Crippen molar-refractivity contribution in [1.29, 1.82) is 0 Å². The molecule has 2 aromatic heterocycles. The average molecular weight is 406 g/mol. The highest BCUT2D eigenvalue weighted by atomic mass is 35.5. The van der Waals surface area contributed by atoms with E-state index in [1.165, 1.54) is 18.2 Å². The number of nitrogens with zero attached hydrogens (tertiary/aromatic N) is 3. The number of hydrogen-bond acceptors (Lipinski definition) is 5. The molecule has 0 spiro atoms. The number of benzene rings is 1. The van der Waals surface area contributed by atoms with Gasteiger partial charge in [-0.25, -0.2) is 18.4 Å². The standard InChI is InChI=1S/C17H16ClN5O3S/c1-11-6-12(10-23(11)17-19-4-3-5-20-17)16(24)21-14-7-13(18)8-15(9-14)22-27(2,25)26/h3-10,22H,1-2H3,(H,21,24). The van der Waals surface area contributed by atoms with E-state index >= 15 is 0 Å². The van der Waals surface area contributed by atoms with Crippen molar-refractivity contribution in [3.05, 3.63) is 65.2 Å². The molecule has 0 unspecified atom stereocenters. The van der Waals surface area contributed by atoms with Gasteiger partial charge < -0.3 is 5.32 Å². The van der Waals surface area contributed by atoms with Crippen molar-refractivity contribution in [1.82, 2.24) is 14.5 Å². The first-order valence-corrected chi connectivity index (χ1v) is 10.0. The van der Waals surface area contributed by atoms with Gasteiger partial charge in [-0.3, -0.25) is 14.1 Å². The third kappa shape index (κ3) is 4.83. The van der Waals surface area contributed by atoms with Crippen molar-refractivity contribution < 1.29 is 13.2 Å². The van der Waals surface area contributed by atoms with E-state index in [1.807, 2.05) is 6.92 Å². The van der Waals surface area contributed by atoms with Crippen molar-refractivity contribution >= 4 is 38.9 Å². The second-order valence-electron chi connectivity index (χ2n) is 5.85. The average Bonchev–Trinajstić information content (AvgIpc) is 2.95. The van der Waals surface area contributed by atoms with Crippen LogP contribution < -0.4 is 10.0 Å². The van der Waals surface area contributed by atoms with Gasteiger partial charge in [-0.15, -0.1) is 0 Å². The van der Waals surface area contributed by atoms with Crippen LogP contribution in [0.4, 0.5) is 11.4 Å². The zero-order valence-corrected chi connectivity index (χ0v) is 16.0. The Morgan fingerprint density at radius 1 is 1.11 bits per heavy atom. The quantitative estimate of drug-likeness (QED) is 0.678. The summed E-state index contributed by atoms with van der Waals surface area (Å²) >= 11 is 6.01. The summed E-state index contributed by atoms with van der Waals surface area (Å²) in [5.74, 6) is 0.0804. The van der Waals surface area contributed by atoms with Gasteiger partial charge in [0.1, 0.15) is 0 Å². The maximum absolute atomic E-state index is 12.6. The predicted octanol–water partition coefficient (Wildman–Crippen LogP) is 2.85. The van der Waals surface area contributed by atoms with Crippen LogP contribution in [0.25, 0.3) is 5.95 Å². The lowest BCUT2D eigenvalue weighted by Gasteiger charge is -2.09. The lowest BCUT2D eigenvalue weighted by atomic mass is 10.2. The van der Waals surface area contributed by atoms with E-state index in [0.717, 1.165) is 11.9 Å². The zero-order valence-electron chi connectivity index (χ0n) is 14.5. The number of amides is 1. The van der Waals surface area contributed by atoms with E-state index in [-0.39, 0.29) is 16.6 Å². The second-order valence-corrected chi connectivity index (χ2v) is 8.03. The lowest BCUT2D eigenvalue weighted by molar-refractivity contribution is 0.102. The van der Waals surface area contributed by atoms with Crippen LogP contribution in [0.2, 0.25) is 5.02 Å². The molecule has 3 aromatic rings. The van der Waals surface area contributed by atoms with Crippen molar-refractivity contribution in [2.45, 2.75) is 6.92 Å². The van der Waals surface area contributed by atoms with Crippen molar-refractivity contribution in [2.75, 3.05) is 16.3 Å². The Morgan fingerprint density at radius 2 is 1.78 bits per heavy atom. The fraction of sp³-hybridized carbons (Fsp3) is 0.118. The van der Waals surface area contributed by atoms with Crippen molar-refractivity contribution in [3.63, 3.8) is 0 Å². The molecule has 0 radical (unpaired) electrons. The summed E-state index contributed by atoms with van der Waals surface area (Å²) in [7, 11) is -3.46. The molecule has 140 valence electrons.